The van der Waals surface area contributed by atoms with E-state index in [9.17, 15) is 5.11 Å². The standard InChI is InChI=1S/C16H28O4/c1-2-14-13(4-7-19-14)15(17)12-3-8-20-16(11-12)5-9-18-10-6-16/h12-15,17H,2-11H2,1H3. The largest absolute Gasteiger partial charge is 0.392 e. The van der Waals surface area contributed by atoms with Crippen LogP contribution in [0.2, 0.25) is 0 Å². The van der Waals surface area contributed by atoms with Gasteiger partial charge in [0.25, 0.3) is 0 Å². The number of hydrogen-bond donors (Lipinski definition) is 1. The first kappa shape index (κ1) is 14.8. The summed E-state index contributed by atoms with van der Waals surface area (Å²) in [6.07, 6.45) is 5.96. The first-order valence-corrected chi connectivity index (χ1v) is 8.25. The van der Waals surface area contributed by atoms with Crippen molar-refractivity contribution in [2.45, 2.75) is 63.3 Å². The van der Waals surface area contributed by atoms with E-state index in [1.165, 1.54) is 0 Å². The van der Waals surface area contributed by atoms with Crippen LogP contribution in [0.1, 0.15) is 45.4 Å². The van der Waals surface area contributed by atoms with Gasteiger partial charge in [-0.05, 0) is 44.4 Å². The summed E-state index contributed by atoms with van der Waals surface area (Å²) < 4.78 is 17.3. The van der Waals surface area contributed by atoms with Crippen LogP contribution in [0.3, 0.4) is 0 Å². The maximum atomic E-state index is 10.8. The molecule has 0 radical (unpaired) electrons. The Morgan fingerprint density at radius 2 is 1.95 bits per heavy atom. The van der Waals surface area contributed by atoms with Crippen molar-refractivity contribution in [3.63, 3.8) is 0 Å². The van der Waals surface area contributed by atoms with Crippen LogP contribution in [-0.4, -0.2) is 49.3 Å². The molecule has 4 nitrogen and oxygen atoms in total. The third-order valence-corrected chi connectivity index (χ3v) is 5.52. The molecule has 0 amide bonds. The van der Waals surface area contributed by atoms with E-state index < -0.39 is 0 Å². The number of ether oxygens (including phenoxy) is 3. The van der Waals surface area contributed by atoms with Crippen LogP contribution in [0.25, 0.3) is 0 Å². The third kappa shape index (κ3) is 2.89. The smallest absolute Gasteiger partial charge is 0.0730 e. The average Bonchev–Trinajstić information content (AvgIpc) is 2.96. The Kier molecular flexibility index (Phi) is 4.65. The van der Waals surface area contributed by atoms with E-state index in [0.29, 0.717) is 11.8 Å². The molecule has 3 heterocycles. The first-order chi connectivity index (χ1) is 9.74. The molecule has 3 saturated heterocycles. The minimum atomic E-state index is -0.230. The Morgan fingerprint density at radius 1 is 1.15 bits per heavy atom. The summed E-state index contributed by atoms with van der Waals surface area (Å²) in [7, 11) is 0. The lowest BCUT2D eigenvalue weighted by Gasteiger charge is -2.45. The summed E-state index contributed by atoms with van der Waals surface area (Å²) in [5.41, 5.74) is -0.0245. The summed E-state index contributed by atoms with van der Waals surface area (Å²) in [5, 5.41) is 10.8. The summed E-state index contributed by atoms with van der Waals surface area (Å²) in [6, 6.07) is 0. The lowest BCUT2D eigenvalue weighted by molar-refractivity contribution is -0.164. The molecular weight excluding hydrogens is 256 g/mol. The fourth-order valence-electron chi connectivity index (χ4n) is 4.27. The zero-order valence-electron chi connectivity index (χ0n) is 12.6. The normalized spacial score (nSPS) is 39.0. The van der Waals surface area contributed by atoms with E-state index in [0.717, 1.165) is 65.0 Å². The molecule has 3 rings (SSSR count). The van der Waals surface area contributed by atoms with E-state index in [2.05, 4.69) is 6.92 Å². The second-order valence-electron chi connectivity index (χ2n) is 6.66. The van der Waals surface area contributed by atoms with Crippen LogP contribution in [0, 0.1) is 11.8 Å². The predicted octanol–water partition coefficient (Wildman–Crippen LogP) is 2.14. The Balaban J connectivity index is 1.64. The zero-order chi connectivity index (χ0) is 14.0. The summed E-state index contributed by atoms with van der Waals surface area (Å²) >= 11 is 0. The fourth-order valence-corrected chi connectivity index (χ4v) is 4.27. The van der Waals surface area contributed by atoms with E-state index >= 15 is 0 Å². The van der Waals surface area contributed by atoms with Gasteiger partial charge in [0.15, 0.2) is 0 Å². The first-order valence-electron chi connectivity index (χ1n) is 8.25. The van der Waals surface area contributed by atoms with E-state index in [1.54, 1.807) is 0 Å². The SMILES string of the molecule is CCC1OCCC1C(O)C1CCOC2(CCOCC2)C1. The van der Waals surface area contributed by atoms with Crippen LogP contribution in [0.5, 0.6) is 0 Å². The molecule has 0 saturated carbocycles. The van der Waals surface area contributed by atoms with Gasteiger partial charge in [0.2, 0.25) is 0 Å². The fraction of sp³-hybridized carbons (Fsp3) is 1.00. The van der Waals surface area contributed by atoms with Crippen molar-refractivity contribution in [2.24, 2.45) is 11.8 Å². The number of aliphatic hydroxyl groups excluding tert-OH is 1. The molecule has 3 aliphatic rings. The van der Waals surface area contributed by atoms with Crippen LogP contribution in [-0.2, 0) is 14.2 Å². The van der Waals surface area contributed by atoms with Gasteiger partial charge in [0.05, 0.1) is 17.8 Å². The highest BCUT2D eigenvalue weighted by molar-refractivity contribution is 4.94. The maximum absolute atomic E-state index is 10.8. The predicted molar refractivity (Wildman–Crippen MR) is 75.6 cm³/mol. The highest BCUT2D eigenvalue weighted by Crippen LogP contribution is 2.41. The van der Waals surface area contributed by atoms with Crippen LogP contribution in [0.4, 0.5) is 0 Å². The Labute approximate surface area is 121 Å². The van der Waals surface area contributed by atoms with Crippen molar-refractivity contribution in [3.8, 4) is 0 Å². The third-order valence-electron chi connectivity index (χ3n) is 5.52. The van der Waals surface area contributed by atoms with Crippen molar-refractivity contribution < 1.29 is 19.3 Å². The molecule has 0 aromatic carbocycles. The highest BCUT2D eigenvalue weighted by Gasteiger charge is 2.44. The van der Waals surface area contributed by atoms with Crippen molar-refractivity contribution >= 4 is 0 Å². The van der Waals surface area contributed by atoms with E-state index in [4.69, 9.17) is 14.2 Å². The van der Waals surface area contributed by atoms with Gasteiger partial charge in [-0.1, -0.05) is 6.92 Å². The van der Waals surface area contributed by atoms with Gasteiger partial charge < -0.3 is 19.3 Å². The van der Waals surface area contributed by atoms with E-state index in [1.807, 2.05) is 0 Å². The van der Waals surface area contributed by atoms with Gasteiger partial charge in [0.1, 0.15) is 0 Å². The summed E-state index contributed by atoms with van der Waals surface area (Å²) in [4.78, 5) is 0. The van der Waals surface area contributed by atoms with Gasteiger partial charge in [0, 0.05) is 32.3 Å². The molecule has 0 bridgehead atoms. The van der Waals surface area contributed by atoms with Crippen LogP contribution < -0.4 is 0 Å². The molecule has 3 aliphatic heterocycles. The number of hydrogen-bond acceptors (Lipinski definition) is 4. The Hall–Kier alpha value is -0.160. The molecule has 4 heteroatoms. The molecule has 4 atom stereocenters. The average molecular weight is 284 g/mol. The van der Waals surface area contributed by atoms with Crippen molar-refractivity contribution in [1.82, 2.24) is 0 Å². The van der Waals surface area contributed by atoms with Gasteiger partial charge in [-0.15, -0.1) is 0 Å². The minimum absolute atomic E-state index is 0.0245. The second kappa shape index (κ2) is 6.30. The van der Waals surface area contributed by atoms with Crippen molar-refractivity contribution in [2.75, 3.05) is 26.4 Å². The van der Waals surface area contributed by atoms with Gasteiger partial charge in [-0.2, -0.15) is 0 Å². The molecule has 0 aliphatic carbocycles. The Bertz CT molecular complexity index is 308. The lowest BCUT2D eigenvalue weighted by Crippen LogP contribution is -2.48. The van der Waals surface area contributed by atoms with Gasteiger partial charge in [-0.25, -0.2) is 0 Å². The minimum Gasteiger partial charge on any atom is -0.392 e. The topological polar surface area (TPSA) is 47.9 Å². The van der Waals surface area contributed by atoms with Crippen LogP contribution in [0.15, 0.2) is 0 Å². The second-order valence-corrected chi connectivity index (χ2v) is 6.66. The molecule has 1 N–H and O–H groups in total. The summed E-state index contributed by atoms with van der Waals surface area (Å²) in [6.45, 7) is 5.34. The molecule has 4 unspecified atom stereocenters. The van der Waals surface area contributed by atoms with Gasteiger partial charge in [-0.3, -0.25) is 0 Å². The quantitative estimate of drug-likeness (QED) is 0.862. The molecule has 0 aromatic heterocycles. The van der Waals surface area contributed by atoms with Crippen molar-refractivity contribution in [1.29, 1.82) is 0 Å². The van der Waals surface area contributed by atoms with Gasteiger partial charge >= 0.3 is 0 Å². The molecule has 1 spiro atoms. The zero-order valence-corrected chi connectivity index (χ0v) is 12.6. The molecule has 0 aromatic rings. The van der Waals surface area contributed by atoms with E-state index in [-0.39, 0.29) is 17.8 Å². The number of rotatable bonds is 3. The highest BCUT2D eigenvalue weighted by atomic mass is 16.5. The lowest BCUT2D eigenvalue weighted by atomic mass is 9.74. The maximum Gasteiger partial charge on any atom is 0.0730 e. The molecule has 3 fully saturated rings. The van der Waals surface area contributed by atoms with Crippen molar-refractivity contribution in [3.05, 3.63) is 0 Å². The monoisotopic (exact) mass is 284 g/mol. The number of aliphatic hydroxyl groups is 1. The van der Waals surface area contributed by atoms with Crippen LogP contribution >= 0.6 is 0 Å². The Morgan fingerprint density at radius 3 is 2.70 bits per heavy atom. The molecular formula is C16H28O4. The molecule has 20 heavy (non-hydrogen) atoms. The molecule has 116 valence electrons. The summed E-state index contributed by atoms with van der Waals surface area (Å²) in [5.74, 6) is 0.683.